The highest BCUT2D eigenvalue weighted by Gasteiger charge is 2.07. The normalized spacial score (nSPS) is 11.2. The number of rotatable bonds is 1. The Balaban J connectivity index is 3.45. The van der Waals surface area contributed by atoms with Gasteiger partial charge < -0.3 is 0 Å². The van der Waals surface area contributed by atoms with Gasteiger partial charge in [-0.05, 0) is 0 Å². The van der Waals surface area contributed by atoms with Crippen LogP contribution in [0.3, 0.4) is 0 Å². The highest BCUT2D eigenvalue weighted by atomic mass is 35.5. The van der Waals surface area contributed by atoms with Crippen molar-refractivity contribution in [1.29, 1.82) is 0 Å². The Hall–Kier alpha value is 0.537. The first-order chi connectivity index (χ1) is 2.56. The molecule has 0 saturated heterocycles. The molecule has 0 saturated carbocycles. The monoisotopic (exact) mass is 137 g/mol. The number of hydrogen-bond acceptors (Lipinski definition) is 0. The molecule has 3 heteroatoms. The Kier molecular flexibility index (Phi) is 2.19. The van der Waals surface area contributed by atoms with Crippen LogP contribution in [0.4, 0.5) is 0 Å². The van der Waals surface area contributed by atoms with Gasteiger partial charge in [-0.2, -0.15) is 0 Å². The van der Waals surface area contributed by atoms with Crippen molar-refractivity contribution in [1.82, 2.24) is 0 Å². The molecule has 0 spiro atoms. The van der Waals surface area contributed by atoms with Crippen molar-refractivity contribution in [3.05, 3.63) is 12.7 Å². The zero-order valence-electron chi connectivity index (χ0n) is 3.04. The van der Waals surface area contributed by atoms with Gasteiger partial charge in [0.15, 0.2) is 0 Å². The topological polar surface area (TPSA) is 0 Å². The SMILES string of the molecule is C=CC([Si])(Cl)Cl. The van der Waals surface area contributed by atoms with E-state index in [1.807, 2.05) is 0 Å². The molecule has 33 valence electrons. The van der Waals surface area contributed by atoms with Crippen LogP contribution in [0.25, 0.3) is 0 Å². The fourth-order valence-electron chi connectivity index (χ4n) is 0. The first-order valence-corrected chi connectivity index (χ1v) is 2.58. The van der Waals surface area contributed by atoms with Gasteiger partial charge >= 0.3 is 0 Å². The molecule has 0 amide bonds. The van der Waals surface area contributed by atoms with Gasteiger partial charge in [0.25, 0.3) is 0 Å². The van der Waals surface area contributed by atoms with Crippen LogP contribution in [0.5, 0.6) is 0 Å². The third-order valence-electron chi connectivity index (χ3n) is 0.256. The predicted molar refractivity (Wildman–Crippen MR) is 30.4 cm³/mol. The molecule has 0 unspecified atom stereocenters. The van der Waals surface area contributed by atoms with Gasteiger partial charge in [-0.3, -0.25) is 0 Å². The van der Waals surface area contributed by atoms with Crippen LogP contribution < -0.4 is 0 Å². The van der Waals surface area contributed by atoms with E-state index in [-0.39, 0.29) is 0 Å². The molecule has 0 rings (SSSR count). The molecule has 0 aliphatic heterocycles. The van der Waals surface area contributed by atoms with Crippen LogP contribution in [0.2, 0.25) is 0 Å². The molecule has 3 radical (unpaired) electrons. The van der Waals surface area contributed by atoms with Gasteiger partial charge in [0.1, 0.15) is 3.96 Å². The molecule has 0 aromatic carbocycles. The lowest BCUT2D eigenvalue weighted by Crippen LogP contribution is -2.04. The van der Waals surface area contributed by atoms with Gasteiger partial charge in [0, 0.05) is 0 Å². The van der Waals surface area contributed by atoms with E-state index in [0.29, 0.717) is 0 Å². The molecule has 0 bridgehead atoms. The average Bonchev–Trinajstić information content (AvgIpc) is 1.35. The summed E-state index contributed by atoms with van der Waals surface area (Å²) in [4.78, 5) is 0. The Morgan fingerprint density at radius 3 is 1.83 bits per heavy atom. The molecule has 0 aromatic rings. The highest BCUT2D eigenvalue weighted by Crippen LogP contribution is 2.15. The molecule has 0 aromatic heterocycles. The second-order valence-corrected chi connectivity index (χ2v) is 3.64. The Labute approximate surface area is 50.6 Å². The van der Waals surface area contributed by atoms with Gasteiger partial charge in [-0.1, -0.05) is 6.08 Å². The van der Waals surface area contributed by atoms with Crippen LogP contribution in [0.1, 0.15) is 0 Å². The van der Waals surface area contributed by atoms with Crippen LogP contribution in [-0.2, 0) is 0 Å². The summed E-state index contributed by atoms with van der Waals surface area (Å²) < 4.78 is -0.944. The Morgan fingerprint density at radius 2 is 1.83 bits per heavy atom. The summed E-state index contributed by atoms with van der Waals surface area (Å²) in [5, 5.41) is 0. The van der Waals surface area contributed by atoms with Crippen molar-refractivity contribution in [2.75, 3.05) is 0 Å². The van der Waals surface area contributed by atoms with E-state index in [1.165, 1.54) is 6.08 Å². The minimum atomic E-state index is -0.944. The molecule has 0 aliphatic carbocycles. The summed E-state index contributed by atoms with van der Waals surface area (Å²) in [7, 11) is 2.94. The lowest BCUT2D eigenvalue weighted by molar-refractivity contribution is 1.48. The largest absolute Gasteiger partial charge is 0.117 e. The van der Waals surface area contributed by atoms with Gasteiger partial charge in [-0.15, -0.1) is 29.8 Å². The first kappa shape index (κ1) is 6.54. The van der Waals surface area contributed by atoms with Crippen molar-refractivity contribution in [2.24, 2.45) is 0 Å². The molecule has 0 fully saturated rings. The highest BCUT2D eigenvalue weighted by molar-refractivity contribution is 6.66. The maximum Gasteiger partial charge on any atom is 0.117 e. The summed E-state index contributed by atoms with van der Waals surface area (Å²) in [5.41, 5.74) is 0. The van der Waals surface area contributed by atoms with Crippen molar-refractivity contribution in [3.8, 4) is 0 Å². The van der Waals surface area contributed by atoms with Crippen molar-refractivity contribution >= 4 is 33.4 Å². The summed E-state index contributed by atoms with van der Waals surface area (Å²) in [6.45, 7) is 3.32. The van der Waals surface area contributed by atoms with E-state index >= 15 is 0 Å². The Morgan fingerprint density at radius 1 is 1.67 bits per heavy atom. The van der Waals surface area contributed by atoms with Gasteiger partial charge in [0.2, 0.25) is 0 Å². The average molecular weight is 138 g/mol. The van der Waals surface area contributed by atoms with Crippen LogP contribution in [-0.4, -0.2) is 14.2 Å². The van der Waals surface area contributed by atoms with Crippen molar-refractivity contribution in [3.63, 3.8) is 0 Å². The second kappa shape index (κ2) is 2.01. The number of halogens is 2. The molecular weight excluding hydrogens is 135 g/mol. The van der Waals surface area contributed by atoms with Crippen LogP contribution in [0.15, 0.2) is 12.7 Å². The fraction of sp³-hybridized carbons (Fsp3) is 0.333. The molecule has 0 aliphatic rings. The van der Waals surface area contributed by atoms with E-state index in [0.717, 1.165) is 0 Å². The van der Waals surface area contributed by atoms with E-state index in [4.69, 9.17) is 23.2 Å². The molecular formula is C3H3Cl2Si. The summed E-state index contributed by atoms with van der Waals surface area (Å²) in [6.07, 6.45) is 1.38. The molecule has 0 N–H and O–H groups in total. The zero-order valence-corrected chi connectivity index (χ0v) is 5.55. The number of allylic oxidation sites excluding steroid dienone is 1. The number of alkyl halides is 2. The third kappa shape index (κ3) is 4.54. The first-order valence-electron chi connectivity index (χ1n) is 1.32. The van der Waals surface area contributed by atoms with E-state index < -0.39 is 3.96 Å². The van der Waals surface area contributed by atoms with Gasteiger partial charge in [0.05, 0.1) is 10.2 Å². The van der Waals surface area contributed by atoms with Gasteiger partial charge in [-0.25, -0.2) is 0 Å². The number of hydrogen-bond donors (Lipinski definition) is 0. The van der Waals surface area contributed by atoms with Crippen LogP contribution >= 0.6 is 23.2 Å². The van der Waals surface area contributed by atoms with E-state index in [2.05, 4.69) is 16.8 Å². The van der Waals surface area contributed by atoms with E-state index in [9.17, 15) is 0 Å². The van der Waals surface area contributed by atoms with Crippen LogP contribution in [0, 0.1) is 0 Å². The molecule has 0 atom stereocenters. The standard InChI is InChI=1S/C3H3Cl2Si/c1-2-3(4,5)6/h2H,1H2. The predicted octanol–water partition coefficient (Wildman–Crippen LogP) is 1.47. The Bertz CT molecular complexity index is 54.3. The molecule has 0 heterocycles. The summed E-state index contributed by atoms with van der Waals surface area (Å²) in [5.74, 6) is 0. The van der Waals surface area contributed by atoms with Crippen molar-refractivity contribution < 1.29 is 0 Å². The minimum Gasteiger partial charge on any atom is -0.102 e. The third-order valence-corrected chi connectivity index (χ3v) is 0.769. The maximum atomic E-state index is 5.28. The minimum absolute atomic E-state index is 0.944. The van der Waals surface area contributed by atoms with Crippen molar-refractivity contribution in [2.45, 2.75) is 3.96 Å². The summed E-state index contributed by atoms with van der Waals surface area (Å²) in [6, 6.07) is 0. The van der Waals surface area contributed by atoms with E-state index in [1.54, 1.807) is 0 Å². The maximum absolute atomic E-state index is 5.28. The fourth-order valence-corrected chi connectivity index (χ4v) is 0. The molecule has 6 heavy (non-hydrogen) atoms. The quantitative estimate of drug-likeness (QED) is 0.292. The summed E-state index contributed by atoms with van der Waals surface area (Å²) >= 11 is 10.6. The molecule has 0 nitrogen and oxygen atoms in total. The second-order valence-electron chi connectivity index (χ2n) is 0.827. The zero-order chi connectivity index (χ0) is 5.21. The smallest absolute Gasteiger partial charge is 0.102 e. The lowest BCUT2D eigenvalue weighted by atomic mass is 10.7. The lowest BCUT2D eigenvalue weighted by Gasteiger charge is -2.01.